The number of allylic oxidation sites excluding steroid dienone is 2. The van der Waals surface area contributed by atoms with Crippen molar-refractivity contribution in [1.29, 1.82) is 0 Å². The standard InChI is InChI=1S/C14H18N2/c1-10-9-11(15)6-7-12(10)13-5-3-4-8-14(13,2)16/h3-7,9H,8,15-16H2,1-2H3. The highest BCUT2D eigenvalue weighted by Crippen LogP contribution is 2.33. The zero-order valence-electron chi connectivity index (χ0n) is 9.83. The lowest BCUT2D eigenvalue weighted by Crippen LogP contribution is -2.38. The summed E-state index contributed by atoms with van der Waals surface area (Å²) in [6.45, 7) is 4.14. The van der Waals surface area contributed by atoms with Gasteiger partial charge in [-0.05, 0) is 49.1 Å². The minimum atomic E-state index is -0.282. The van der Waals surface area contributed by atoms with E-state index in [0.29, 0.717) is 0 Å². The van der Waals surface area contributed by atoms with Crippen molar-refractivity contribution in [1.82, 2.24) is 0 Å². The van der Waals surface area contributed by atoms with Crippen LogP contribution in [0.15, 0.2) is 36.4 Å². The topological polar surface area (TPSA) is 52.0 Å². The summed E-state index contributed by atoms with van der Waals surface area (Å²) >= 11 is 0. The van der Waals surface area contributed by atoms with Crippen LogP contribution >= 0.6 is 0 Å². The second-order valence-electron chi connectivity index (χ2n) is 4.70. The molecule has 0 aliphatic heterocycles. The maximum absolute atomic E-state index is 6.31. The molecule has 1 aliphatic carbocycles. The molecule has 0 radical (unpaired) electrons. The van der Waals surface area contributed by atoms with Gasteiger partial charge in [-0.25, -0.2) is 0 Å². The Morgan fingerprint density at radius 1 is 1.31 bits per heavy atom. The van der Waals surface area contributed by atoms with Crippen LogP contribution in [0.25, 0.3) is 5.57 Å². The van der Waals surface area contributed by atoms with Gasteiger partial charge in [0, 0.05) is 11.2 Å². The van der Waals surface area contributed by atoms with E-state index in [4.69, 9.17) is 11.5 Å². The molecule has 0 heterocycles. The fourth-order valence-corrected chi connectivity index (χ4v) is 2.16. The molecule has 0 aromatic heterocycles. The third-order valence-electron chi connectivity index (χ3n) is 3.10. The Balaban J connectivity index is 2.51. The smallest absolute Gasteiger partial charge is 0.0422 e. The Hall–Kier alpha value is -1.54. The number of rotatable bonds is 1. The highest BCUT2D eigenvalue weighted by atomic mass is 14.7. The quantitative estimate of drug-likeness (QED) is 0.706. The summed E-state index contributed by atoms with van der Waals surface area (Å²) in [4.78, 5) is 0. The lowest BCUT2D eigenvalue weighted by molar-refractivity contribution is 0.609. The summed E-state index contributed by atoms with van der Waals surface area (Å²) in [5.41, 5.74) is 16.2. The van der Waals surface area contributed by atoms with Crippen LogP contribution in [0.1, 0.15) is 24.5 Å². The Morgan fingerprint density at radius 3 is 2.69 bits per heavy atom. The Bertz CT molecular complexity index is 468. The summed E-state index contributed by atoms with van der Waals surface area (Å²) in [5, 5.41) is 0. The van der Waals surface area contributed by atoms with E-state index in [2.05, 4.69) is 38.1 Å². The predicted molar refractivity (Wildman–Crippen MR) is 69.9 cm³/mol. The first-order chi connectivity index (χ1) is 7.50. The summed E-state index contributed by atoms with van der Waals surface area (Å²) in [7, 11) is 0. The van der Waals surface area contributed by atoms with E-state index >= 15 is 0 Å². The average Bonchev–Trinajstić information content (AvgIpc) is 2.19. The lowest BCUT2D eigenvalue weighted by atomic mass is 9.80. The van der Waals surface area contributed by atoms with E-state index in [-0.39, 0.29) is 5.54 Å². The molecule has 2 nitrogen and oxygen atoms in total. The van der Waals surface area contributed by atoms with Gasteiger partial charge in [-0.3, -0.25) is 0 Å². The predicted octanol–water partition coefficient (Wildman–Crippen LogP) is 2.64. The van der Waals surface area contributed by atoms with Gasteiger partial charge >= 0.3 is 0 Å². The summed E-state index contributed by atoms with van der Waals surface area (Å²) in [6, 6.07) is 5.98. The molecule has 2 rings (SSSR count). The molecule has 1 aromatic carbocycles. The Labute approximate surface area is 96.6 Å². The third-order valence-corrected chi connectivity index (χ3v) is 3.10. The van der Waals surface area contributed by atoms with Crippen LogP contribution in [0, 0.1) is 6.92 Å². The van der Waals surface area contributed by atoms with Crippen molar-refractivity contribution in [3.05, 3.63) is 47.6 Å². The van der Waals surface area contributed by atoms with E-state index in [1.54, 1.807) is 0 Å². The van der Waals surface area contributed by atoms with E-state index < -0.39 is 0 Å². The van der Waals surface area contributed by atoms with Gasteiger partial charge < -0.3 is 11.5 Å². The van der Waals surface area contributed by atoms with Crippen molar-refractivity contribution in [2.75, 3.05) is 5.73 Å². The molecule has 2 heteroatoms. The molecule has 0 amide bonds. The number of hydrogen-bond donors (Lipinski definition) is 2. The summed E-state index contributed by atoms with van der Waals surface area (Å²) in [5.74, 6) is 0. The Morgan fingerprint density at radius 2 is 2.06 bits per heavy atom. The molecule has 1 aromatic rings. The van der Waals surface area contributed by atoms with Gasteiger partial charge in [0.2, 0.25) is 0 Å². The van der Waals surface area contributed by atoms with Gasteiger partial charge in [0.15, 0.2) is 0 Å². The zero-order valence-corrected chi connectivity index (χ0v) is 9.83. The van der Waals surface area contributed by atoms with Crippen molar-refractivity contribution in [2.24, 2.45) is 5.73 Å². The molecule has 1 aliphatic rings. The largest absolute Gasteiger partial charge is 0.399 e. The van der Waals surface area contributed by atoms with Crippen LogP contribution in [-0.2, 0) is 0 Å². The first kappa shape index (κ1) is 11.0. The second-order valence-corrected chi connectivity index (χ2v) is 4.70. The van der Waals surface area contributed by atoms with Crippen molar-refractivity contribution >= 4 is 11.3 Å². The Kier molecular flexibility index (Phi) is 2.60. The minimum Gasteiger partial charge on any atom is -0.399 e. The van der Waals surface area contributed by atoms with Crippen LogP contribution in [-0.4, -0.2) is 5.54 Å². The van der Waals surface area contributed by atoms with Gasteiger partial charge in [0.1, 0.15) is 0 Å². The zero-order chi connectivity index (χ0) is 11.8. The molecule has 0 bridgehead atoms. The van der Waals surface area contributed by atoms with Crippen LogP contribution in [0.2, 0.25) is 0 Å². The summed E-state index contributed by atoms with van der Waals surface area (Å²) < 4.78 is 0. The SMILES string of the molecule is Cc1cc(N)ccc1C1=CC=CCC1(C)N. The number of hydrogen-bond acceptors (Lipinski definition) is 2. The van der Waals surface area contributed by atoms with Crippen molar-refractivity contribution < 1.29 is 0 Å². The van der Waals surface area contributed by atoms with E-state index in [9.17, 15) is 0 Å². The maximum Gasteiger partial charge on any atom is 0.0422 e. The van der Waals surface area contributed by atoms with Crippen LogP contribution in [0.5, 0.6) is 0 Å². The number of anilines is 1. The molecule has 4 N–H and O–H groups in total. The third kappa shape index (κ3) is 1.89. The average molecular weight is 214 g/mol. The maximum atomic E-state index is 6.31. The first-order valence-electron chi connectivity index (χ1n) is 5.53. The summed E-state index contributed by atoms with van der Waals surface area (Å²) in [6.07, 6.45) is 7.15. The molecular weight excluding hydrogens is 196 g/mol. The number of benzene rings is 1. The van der Waals surface area contributed by atoms with E-state index in [1.165, 1.54) is 16.7 Å². The van der Waals surface area contributed by atoms with Gasteiger partial charge in [0.05, 0.1) is 0 Å². The van der Waals surface area contributed by atoms with Gasteiger partial charge in [-0.15, -0.1) is 0 Å². The van der Waals surface area contributed by atoms with Gasteiger partial charge in [-0.2, -0.15) is 0 Å². The fourth-order valence-electron chi connectivity index (χ4n) is 2.16. The molecule has 0 saturated carbocycles. The highest BCUT2D eigenvalue weighted by molar-refractivity contribution is 5.78. The van der Waals surface area contributed by atoms with Gasteiger partial charge in [-0.1, -0.05) is 24.3 Å². The molecule has 0 spiro atoms. The monoisotopic (exact) mass is 214 g/mol. The highest BCUT2D eigenvalue weighted by Gasteiger charge is 2.26. The van der Waals surface area contributed by atoms with Crippen molar-refractivity contribution in [2.45, 2.75) is 25.8 Å². The molecule has 84 valence electrons. The molecule has 0 fully saturated rings. The normalized spacial score (nSPS) is 24.3. The second kappa shape index (κ2) is 3.80. The molecule has 0 saturated heterocycles. The number of nitrogens with two attached hydrogens (primary N) is 2. The fraction of sp³-hybridized carbons (Fsp3) is 0.286. The van der Waals surface area contributed by atoms with E-state index in [1.807, 2.05) is 12.1 Å². The number of nitrogen functional groups attached to an aromatic ring is 1. The van der Waals surface area contributed by atoms with Crippen LogP contribution in [0.4, 0.5) is 5.69 Å². The van der Waals surface area contributed by atoms with Crippen LogP contribution < -0.4 is 11.5 Å². The molecular formula is C14H18N2. The van der Waals surface area contributed by atoms with Crippen LogP contribution in [0.3, 0.4) is 0 Å². The minimum absolute atomic E-state index is 0.282. The van der Waals surface area contributed by atoms with Crippen molar-refractivity contribution in [3.8, 4) is 0 Å². The number of aryl methyl sites for hydroxylation is 1. The molecule has 1 atom stereocenters. The molecule has 16 heavy (non-hydrogen) atoms. The molecule has 1 unspecified atom stereocenters. The van der Waals surface area contributed by atoms with Crippen molar-refractivity contribution in [3.63, 3.8) is 0 Å². The lowest BCUT2D eigenvalue weighted by Gasteiger charge is -2.30. The van der Waals surface area contributed by atoms with E-state index in [0.717, 1.165) is 12.1 Å². The van der Waals surface area contributed by atoms with Gasteiger partial charge in [0.25, 0.3) is 0 Å². The first-order valence-corrected chi connectivity index (χ1v) is 5.53.